The Morgan fingerprint density at radius 3 is 2.84 bits per heavy atom. The van der Waals surface area contributed by atoms with Crippen molar-refractivity contribution in [1.82, 2.24) is 9.97 Å². The minimum absolute atomic E-state index is 0.248. The monoisotopic (exact) mass is 358 g/mol. The smallest absolute Gasteiger partial charge is 0.274 e. The van der Waals surface area contributed by atoms with Crippen LogP contribution in [0.15, 0.2) is 24.3 Å². The van der Waals surface area contributed by atoms with Gasteiger partial charge in [-0.05, 0) is 50.3 Å². The number of halogens is 1. The van der Waals surface area contributed by atoms with E-state index in [1.165, 1.54) is 6.42 Å². The Hall–Kier alpha value is -2.14. The number of hydrogen-bond acceptors (Lipinski definition) is 4. The first-order valence-electron chi connectivity index (χ1n) is 8.60. The van der Waals surface area contributed by atoms with Crippen molar-refractivity contribution in [3.05, 3.63) is 46.4 Å². The van der Waals surface area contributed by atoms with Gasteiger partial charge >= 0.3 is 0 Å². The number of rotatable bonds is 3. The van der Waals surface area contributed by atoms with Gasteiger partial charge in [-0.2, -0.15) is 0 Å². The van der Waals surface area contributed by atoms with Gasteiger partial charge < -0.3 is 10.2 Å². The van der Waals surface area contributed by atoms with Crippen LogP contribution < -0.4 is 10.2 Å². The summed E-state index contributed by atoms with van der Waals surface area (Å²) in [5, 5.41) is 3.49. The Kier molecular flexibility index (Phi) is 5.23. The molecule has 2 heterocycles. The normalized spacial score (nSPS) is 17.4. The molecule has 5 nitrogen and oxygen atoms in total. The number of amides is 1. The van der Waals surface area contributed by atoms with Crippen molar-refractivity contribution in [2.45, 2.75) is 33.6 Å². The standard InChI is InChI=1S/C19H23ClN4O/c1-12-5-4-8-24(11-12)18-10-17(21-14(3)22-18)19(25)23-16-9-15(20)7-6-13(16)2/h6-7,9-10,12H,4-5,8,11H2,1-3H3,(H,23,25). The highest BCUT2D eigenvalue weighted by atomic mass is 35.5. The summed E-state index contributed by atoms with van der Waals surface area (Å²) in [7, 11) is 0. The van der Waals surface area contributed by atoms with Crippen LogP contribution in [0, 0.1) is 19.8 Å². The molecule has 1 unspecified atom stereocenters. The van der Waals surface area contributed by atoms with E-state index < -0.39 is 0 Å². The van der Waals surface area contributed by atoms with E-state index in [0.29, 0.717) is 28.1 Å². The number of nitrogens with one attached hydrogen (secondary N) is 1. The zero-order valence-electron chi connectivity index (χ0n) is 14.8. The average molecular weight is 359 g/mol. The molecular weight excluding hydrogens is 336 g/mol. The average Bonchev–Trinajstić information content (AvgIpc) is 2.57. The second kappa shape index (κ2) is 7.40. The van der Waals surface area contributed by atoms with E-state index in [0.717, 1.165) is 30.9 Å². The van der Waals surface area contributed by atoms with Crippen LogP contribution in [-0.4, -0.2) is 29.0 Å². The van der Waals surface area contributed by atoms with Gasteiger partial charge in [-0.1, -0.05) is 24.6 Å². The van der Waals surface area contributed by atoms with Crippen LogP contribution in [0.4, 0.5) is 11.5 Å². The fourth-order valence-electron chi connectivity index (χ4n) is 3.14. The molecule has 1 amide bonds. The molecule has 6 heteroatoms. The number of nitrogens with zero attached hydrogens (tertiary/aromatic N) is 3. The van der Waals surface area contributed by atoms with Crippen molar-refractivity contribution in [1.29, 1.82) is 0 Å². The highest BCUT2D eigenvalue weighted by Crippen LogP contribution is 2.23. The Labute approximate surface area is 153 Å². The molecule has 0 aliphatic carbocycles. The van der Waals surface area contributed by atoms with E-state index in [-0.39, 0.29) is 5.91 Å². The summed E-state index contributed by atoms with van der Waals surface area (Å²) in [6.45, 7) is 7.92. The molecule has 2 aromatic rings. The number of piperidine rings is 1. The van der Waals surface area contributed by atoms with E-state index in [2.05, 4.69) is 27.1 Å². The Morgan fingerprint density at radius 1 is 1.28 bits per heavy atom. The van der Waals surface area contributed by atoms with Crippen LogP contribution in [0.3, 0.4) is 0 Å². The van der Waals surface area contributed by atoms with Crippen molar-refractivity contribution in [2.24, 2.45) is 5.92 Å². The van der Waals surface area contributed by atoms with E-state index in [1.807, 2.05) is 19.9 Å². The summed E-state index contributed by atoms with van der Waals surface area (Å²) in [6.07, 6.45) is 2.38. The van der Waals surface area contributed by atoms with Crippen LogP contribution >= 0.6 is 11.6 Å². The third-order valence-electron chi connectivity index (χ3n) is 4.49. The zero-order chi connectivity index (χ0) is 18.0. The molecule has 1 aromatic heterocycles. The molecule has 0 radical (unpaired) electrons. The quantitative estimate of drug-likeness (QED) is 0.891. The van der Waals surface area contributed by atoms with Gasteiger partial charge in [0.1, 0.15) is 17.3 Å². The van der Waals surface area contributed by atoms with Gasteiger partial charge in [0.05, 0.1) is 0 Å². The highest BCUT2D eigenvalue weighted by Gasteiger charge is 2.20. The van der Waals surface area contributed by atoms with Crippen LogP contribution in [0.25, 0.3) is 0 Å². The van der Waals surface area contributed by atoms with Crippen molar-refractivity contribution in [3.8, 4) is 0 Å². The largest absolute Gasteiger partial charge is 0.356 e. The van der Waals surface area contributed by atoms with Gasteiger partial charge in [0.15, 0.2) is 0 Å². The predicted molar refractivity (Wildman–Crippen MR) is 102 cm³/mol. The third-order valence-corrected chi connectivity index (χ3v) is 4.72. The van der Waals surface area contributed by atoms with Crippen LogP contribution in [0.2, 0.25) is 5.02 Å². The number of aryl methyl sites for hydroxylation is 2. The molecule has 1 N–H and O–H groups in total. The lowest BCUT2D eigenvalue weighted by Gasteiger charge is -2.32. The zero-order valence-corrected chi connectivity index (χ0v) is 15.6. The summed E-state index contributed by atoms with van der Waals surface area (Å²) in [4.78, 5) is 23.7. The SMILES string of the molecule is Cc1nc(C(=O)Nc2cc(Cl)ccc2C)cc(N2CCCC(C)C2)n1. The first kappa shape index (κ1) is 17.7. The van der Waals surface area contributed by atoms with Gasteiger partial charge in [0.2, 0.25) is 0 Å². The van der Waals surface area contributed by atoms with Gasteiger partial charge in [-0.15, -0.1) is 0 Å². The molecule has 25 heavy (non-hydrogen) atoms. The maximum absolute atomic E-state index is 12.7. The third kappa shape index (κ3) is 4.28. The van der Waals surface area contributed by atoms with Gasteiger partial charge in [0, 0.05) is 29.9 Å². The molecule has 1 aliphatic heterocycles. The molecule has 0 spiro atoms. The topological polar surface area (TPSA) is 58.1 Å². The number of anilines is 2. The second-order valence-electron chi connectivity index (χ2n) is 6.77. The first-order chi connectivity index (χ1) is 11.9. The molecule has 1 atom stereocenters. The number of carbonyl (C=O) groups is 1. The fourth-order valence-corrected chi connectivity index (χ4v) is 3.32. The lowest BCUT2D eigenvalue weighted by molar-refractivity contribution is 0.102. The summed E-state index contributed by atoms with van der Waals surface area (Å²) in [5.41, 5.74) is 2.02. The van der Waals surface area contributed by atoms with Crippen molar-refractivity contribution >= 4 is 29.0 Å². The molecule has 0 saturated carbocycles. The lowest BCUT2D eigenvalue weighted by Crippen LogP contribution is -2.35. The Morgan fingerprint density at radius 2 is 2.08 bits per heavy atom. The van der Waals surface area contributed by atoms with E-state index in [9.17, 15) is 4.79 Å². The summed E-state index contributed by atoms with van der Waals surface area (Å²) in [6, 6.07) is 7.21. The number of hydrogen-bond donors (Lipinski definition) is 1. The second-order valence-corrected chi connectivity index (χ2v) is 7.20. The highest BCUT2D eigenvalue weighted by molar-refractivity contribution is 6.31. The number of aromatic nitrogens is 2. The lowest BCUT2D eigenvalue weighted by atomic mass is 10.0. The molecule has 1 aliphatic rings. The number of carbonyl (C=O) groups excluding carboxylic acids is 1. The minimum atomic E-state index is -0.248. The Balaban J connectivity index is 1.84. The minimum Gasteiger partial charge on any atom is -0.356 e. The van der Waals surface area contributed by atoms with Gasteiger partial charge in [-0.25, -0.2) is 9.97 Å². The molecular formula is C19H23ClN4O. The van der Waals surface area contributed by atoms with E-state index in [4.69, 9.17) is 11.6 Å². The van der Waals surface area contributed by atoms with Crippen molar-refractivity contribution in [2.75, 3.05) is 23.3 Å². The molecule has 3 rings (SSSR count). The summed E-state index contributed by atoms with van der Waals surface area (Å²) < 4.78 is 0. The van der Waals surface area contributed by atoms with Crippen molar-refractivity contribution < 1.29 is 4.79 Å². The summed E-state index contributed by atoms with van der Waals surface area (Å²) in [5.74, 6) is 1.81. The van der Waals surface area contributed by atoms with Crippen LogP contribution in [0.1, 0.15) is 41.6 Å². The summed E-state index contributed by atoms with van der Waals surface area (Å²) >= 11 is 6.03. The maximum Gasteiger partial charge on any atom is 0.274 e. The Bertz CT molecular complexity index is 793. The van der Waals surface area contributed by atoms with Crippen LogP contribution in [0.5, 0.6) is 0 Å². The van der Waals surface area contributed by atoms with Crippen LogP contribution in [-0.2, 0) is 0 Å². The maximum atomic E-state index is 12.7. The number of benzene rings is 1. The molecule has 1 aromatic carbocycles. The predicted octanol–water partition coefficient (Wildman–Crippen LogP) is 4.24. The molecule has 0 bridgehead atoms. The fraction of sp³-hybridized carbons (Fsp3) is 0.421. The van der Waals surface area contributed by atoms with Gasteiger partial charge in [0.25, 0.3) is 5.91 Å². The van der Waals surface area contributed by atoms with E-state index in [1.54, 1.807) is 18.2 Å². The molecule has 1 fully saturated rings. The molecule has 1 saturated heterocycles. The van der Waals surface area contributed by atoms with Gasteiger partial charge in [-0.3, -0.25) is 4.79 Å². The van der Waals surface area contributed by atoms with E-state index >= 15 is 0 Å². The first-order valence-corrected chi connectivity index (χ1v) is 8.98. The van der Waals surface area contributed by atoms with Crippen molar-refractivity contribution in [3.63, 3.8) is 0 Å². The molecule has 132 valence electrons.